The van der Waals surface area contributed by atoms with E-state index in [1.165, 1.54) is 6.20 Å². The zero-order chi connectivity index (χ0) is 11.5. The van der Waals surface area contributed by atoms with Crippen molar-refractivity contribution in [1.82, 2.24) is 9.97 Å². The molecular formula is C10H5Cl3N2O. The van der Waals surface area contributed by atoms with Crippen LogP contribution in [0.15, 0.2) is 30.5 Å². The lowest BCUT2D eigenvalue weighted by Gasteiger charge is -2.05. The van der Waals surface area contributed by atoms with Crippen LogP contribution >= 0.6 is 34.8 Å². The summed E-state index contributed by atoms with van der Waals surface area (Å²) in [7, 11) is 0. The van der Waals surface area contributed by atoms with Crippen LogP contribution < -0.4 is 4.74 Å². The molecule has 0 atom stereocenters. The molecule has 0 aliphatic heterocycles. The van der Waals surface area contributed by atoms with E-state index in [0.29, 0.717) is 15.8 Å². The Morgan fingerprint density at radius 1 is 1.00 bits per heavy atom. The number of nitrogens with zero attached hydrogens (tertiary/aromatic N) is 2. The highest BCUT2D eigenvalue weighted by atomic mass is 35.5. The summed E-state index contributed by atoms with van der Waals surface area (Å²) < 4.78 is 5.42. The minimum absolute atomic E-state index is 0.0772. The summed E-state index contributed by atoms with van der Waals surface area (Å²) in [5.41, 5.74) is 0. The van der Waals surface area contributed by atoms with Gasteiger partial charge in [-0.2, -0.15) is 4.98 Å². The molecule has 0 saturated carbocycles. The normalized spacial score (nSPS) is 10.2. The lowest BCUT2D eigenvalue weighted by Crippen LogP contribution is -1.91. The van der Waals surface area contributed by atoms with Crippen LogP contribution in [0.4, 0.5) is 0 Å². The minimum Gasteiger partial charge on any atom is -0.437 e. The van der Waals surface area contributed by atoms with Crippen molar-refractivity contribution < 1.29 is 4.74 Å². The standard InChI is InChI=1S/C10H5Cl3N2O/c11-6-1-3-7(4-2-6)16-9-8(12)5-14-10(13)15-9/h1-5H. The van der Waals surface area contributed by atoms with Gasteiger partial charge in [0.2, 0.25) is 11.2 Å². The summed E-state index contributed by atoms with van der Waals surface area (Å²) in [5.74, 6) is 0.782. The lowest BCUT2D eigenvalue weighted by atomic mass is 10.3. The monoisotopic (exact) mass is 274 g/mol. The Kier molecular flexibility index (Phi) is 3.49. The smallest absolute Gasteiger partial charge is 0.242 e. The Hall–Kier alpha value is -1.03. The van der Waals surface area contributed by atoms with E-state index in [2.05, 4.69) is 9.97 Å². The van der Waals surface area contributed by atoms with E-state index in [9.17, 15) is 0 Å². The van der Waals surface area contributed by atoms with Crippen LogP contribution in [-0.2, 0) is 0 Å². The second-order valence-corrected chi connectivity index (χ2v) is 4.03. The molecule has 0 spiro atoms. The van der Waals surface area contributed by atoms with Crippen molar-refractivity contribution >= 4 is 34.8 Å². The van der Waals surface area contributed by atoms with E-state index in [4.69, 9.17) is 39.5 Å². The maximum absolute atomic E-state index is 5.84. The van der Waals surface area contributed by atoms with Gasteiger partial charge in [0, 0.05) is 5.02 Å². The van der Waals surface area contributed by atoms with Gasteiger partial charge in [-0.3, -0.25) is 0 Å². The number of benzene rings is 1. The molecule has 0 aliphatic carbocycles. The van der Waals surface area contributed by atoms with Crippen molar-refractivity contribution in [3.8, 4) is 11.6 Å². The average Bonchev–Trinajstić information content (AvgIpc) is 2.27. The molecule has 2 rings (SSSR count). The SMILES string of the molecule is Clc1ccc(Oc2nc(Cl)ncc2Cl)cc1. The molecule has 0 bridgehead atoms. The first-order chi connectivity index (χ1) is 7.65. The number of ether oxygens (including phenoxy) is 1. The van der Waals surface area contributed by atoms with Crippen molar-refractivity contribution in [3.63, 3.8) is 0 Å². The summed E-state index contributed by atoms with van der Waals surface area (Å²) in [5, 5.41) is 0.992. The molecule has 1 aromatic heterocycles. The number of hydrogen-bond acceptors (Lipinski definition) is 3. The van der Waals surface area contributed by atoms with Gasteiger partial charge in [-0.25, -0.2) is 4.98 Å². The van der Waals surface area contributed by atoms with E-state index in [0.717, 1.165) is 0 Å². The Balaban J connectivity index is 2.26. The van der Waals surface area contributed by atoms with Crippen LogP contribution in [0.3, 0.4) is 0 Å². The first-order valence-corrected chi connectivity index (χ1v) is 5.40. The average molecular weight is 276 g/mol. The Morgan fingerprint density at radius 3 is 2.38 bits per heavy atom. The van der Waals surface area contributed by atoms with Crippen LogP contribution in [0.1, 0.15) is 0 Å². The van der Waals surface area contributed by atoms with Crippen LogP contribution in [0.25, 0.3) is 0 Å². The molecule has 3 nitrogen and oxygen atoms in total. The van der Waals surface area contributed by atoms with Gasteiger partial charge in [0.05, 0.1) is 6.20 Å². The molecule has 1 heterocycles. The molecule has 82 valence electrons. The van der Waals surface area contributed by atoms with Gasteiger partial charge in [0.25, 0.3) is 0 Å². The zero-order valence-electron chi connectivity index (χ0n) is 7.82. The van der Waals surface area contributed by atoms with E-state index in [1.54, 1.807) is 24.3 Å². The summed E-state index contributed by atoms with van der Waals surface area (Å²) in [6, 6.07) is 6.81. The van der Waals surface area contributed by atoms with Crippen LogP contribution in [0, 0.1) is 0 Å². The van der Waals surface area contributed by atoms with E-state index >= 15 is 0 Å². The predicted molar refractivity (Wildman–Crippen MR) is 63.6 cm³/mol. The second-order valence-electron chi connectivity index (χ2n) is 2.85. The number of aromatic nitrogens is 2. The molecular weight excluding hydrogens is 270 g/mol. The highest BCUT2D eigenvalue weighted by molar-refractivity contribution is 6.32. The van der Waals surface area contributed by atoms with Crippen LogP contribution in [0.2, 0.25) is 15.3 Å². The molecule has 0 unspecified atom stereocenters. The van der Waals surface area contributed by atoms with Gasteiger partial charge in [-0.05, 0) is 35.9 Å². The fraction of sp³-hybridized carbons (Fsp3) is 0. The maximum atomic E-state index is 5.84. The third-order valence-corrected chi connectivity index (χ3v) is 2.40. The van der Waals surface area contributed by atoms with Crippen LogP contribution in [-0.4, -0.2) is 9.97 Å². The third kappa shape index (κ3) is 2.76. The lowest BCUT2D eigenvalue weighted by molar-refractivity contribution is 0.462. The molecule has 0 fully saturated rings. The van der Waals surface area contributed by atoms with Gasteiger partial charge in [0.15, 0.2) is 0 Å². The molecule has 16 heavy (non-hydrogen) atoms. The van der Waals surface area contributed by atoms with Gasteiger partial charge < -0.3 is 4.74 Å². The van der Waals surface area contributed by atoms with Crippen molar-refractivity contribution in [3.05, 3.63) is 45.8 Å². The number of halogens is 3. The van der Waals surface area contributed by atoms with E-state index in [-0.39, 0.29) is 11.2 Å². The summed E-state index contributed by atoms with van der Waals surface area (Å²) in [6.45, 7) is 0. The van der Waals surface area contributed by atoms with E-state index in [1.807, 2.05) is 0 Å². The third-order valence-electron chi connectivity index (χ3n) is 1.71. The molecule has 0 radical (unpaired) electrons. The molecule has 0 aliphatic rings. The minimum atomic E-state index is 0.0772. The van der Waals surface area contributed by atoms with Crippen molar-refractivity contribution in [2.24, 2.45) is 0 Å². The van der Waals surface area contributed by atoms with Crippen molar-refractivity contribution in [2.75, 3.05) is 0 Å². The van der Waals surface area contributed by atoms with Crippen molar-refractivity contribution in [2.45, 2.75) is 0 Å². The second kappa shape index (κ2) is 4.87. The topological polar surface area (TPSA) is 35.0 Å². The highest BCUT2D eigenvalue weighted by Crippen LogP contribution is 2.27. The number of hydrogen-bond donors (Lipinski definition) is 0. The summed E-state index contributed by atoms with van der Waals surface area (Å²) in [4.78, 5) is 7.57. The largest absolute Gasteiger partial charge is 0.437 e. The predicted octanol–water partition coefficient (Wildman–Crippen LogP) is 4.23. The Bertz CT molecular complexity index is 502. The fourth-order valence-electron chi connectivity index (χ4n) is 1.02. The molecule has 0 saturated heterocycles. The highest BCUT2D eigenvalue weighted by Gasteiger charge is 2.06. The zero-order valence-corrected chi connectivity index (χ0v) is 10.1. The summed E-state index contributed by atoms with van der Waals surface area (Å²) >= 11 is 17.2. The van der Waals surface area contributed by atoms with Crippen molar-refractivity contribution in [1.29, 1.82) is 0 Å². The van der Waals surface area contributed by atoms with Gasteiger partial charge >= 0.3 is 0 Å². The fourth-order valence-corrected chi connectivity index (χ4v) is 1.40. The molecule has 0 amide bonds. The van der Waals surface area contributed by atoms with Crippen LogP contribution in [0.5, 0.6) is 11.6 Å². The van der Waals surface area contributed by atoms with Gasteiger partial charge in [-0.15, -0.1) is 0 Å². The molecule has 6 heteroatoms. The van der Waals surface area contributed by atoms with Gasteiger partial charge in [0.1, 0.15) is 10.8 Å². The molecule has 1 aromatic carbocycles. The first kappa shape index (κ1) is 11.5. The van der Waals surface area contributed by atoms with E-state index < -0.39 is 0 Å². The first-order valence-electron chi connectivity index (χ1n) is 4.26. The summed E-state index contributed by atoms with van der Waals surface area (Å²) in [6.07, 6.45) is 1.38. The van der Waals surface area contributed by atoms with Gasteiger partial charge in [-0.1, -0.05) is 23.2 Å². The molecule has 0 N–H and O–H groups in total. The quantitative estimate of drug-likeness (QED) is 0.769. The Morgan fingerprint density at radius 2 is 1.69 bits per heavy atom. The Labute approximate surface area is 107 Å². The maximum Gasteiger partial charge on any atom is 0.242 e. The number of rotatable bonds is 2. The molecule has 2 aromatic rings.